The number of nitrogens with zero attached hydrogens (tertiary/aromatic N) is 1. The van der Waals surface area contributed by atoms with Crippen LogP contribution in [-0.2, 0) is 9.59 Å². The van der Waals surface area contributed by atoms with E-state index in [1.54, 1.807) is 11.0 Å². The highest BCUT2D eigenvalue weighted by Gasteiger charge is 2.45. The third kappa shape index (κ3) is 4.72. The van der Waals surface area contributed by atoms with Gasteiger partial charge in [0.1, 0.15) is 11.5 Å². The van der Waals surface area contributed by atoms with Crippen LogP contribution in [0.3, 0.4) is 0 Å². The van der Waals surface area contributed by atoms with Crippen molar-refractivity contribution in [3.8, 4) is 5.75 Å². The first kappa shape index (κ1) is 23.6. The lowest BCUT2D eigenvalue weighted by atomic mass is 9.93. The van der Waals surface area contributed by atoms with E-state index in [0.29, 0.717) is 18.7 Å². The molecule has 0 saturated carbocycles. The molecule has 1 unspecified atom stereocenters. The summed E-state index contributed by atoms with van der Waals surface area (Å²) in [5.74, 6) is -0.385. The van der Waals surface area contributed by atoms with Crippen LogP contribution in [0.15, 0.2) is 54.1 Å². The van der Waals surface area contributed by atoms with Crippen molar-refractivity contribution in [2.75, 3.05) is 13.2 Å². The Hall–Kier alpha value is -3.08. The molecule has 1 fully saturated rings. The highest BCUT2D eigenvalue weighted by Crippen LogP contribution is 2.40. The van der Waals surface area contributed by atoms with Crippen LogP contribution < -0.4 is 4.74 Å². The van der Waals surface area contributed by atoms with E-state index in [4.69, 9.17) is 4.74 Å². The number of Topliss-reactive ketones (excluding diaryl/α,β-unsaturated/α-hetero) is 1. The molecule has 1 N–H and O–H groups in total. The highest BCUT2D eigenvalue weighted by atomic mass is 16.5. The summed E-state index contributed by atoms with van der Waals surface area (Å²) in [6, 6.07) is 14.3. The number of aliphatic hydroxyl groups is 1. The fourth-order valence-electron chi connectivity index (χ4n) is 4.21. The third-order valence-electron chi connectivity index (χ3n) is 5.86. The number of ether oxygens (including phenoxy) is 1. The maximum absolute atomic E-state index is 13.1. The van der Waals surface area contributed by atoms with Gasteiger partial charge in [-0.15, -0.1) is 0 Å². The average Bonchev–Trinajstić information content (AvgIpc) is 3.04. The Kier molecular flexibility index (Phi) is 7.73. The van der Waals surface area contributed by atoms with Gasteiger partial charge in [0.15, 0.2) is 0 Å². The smallest absolute Gasteiger partial charge is 0.295 e. The molecule has 2 aromatic carbocycles. The number of hydrogen-bond donors (Lipinski definition) is 1. The molecule has 0 radical (unpaired) electrons. The number of aliphatic hydroxyl groups excluding tert-OH is 1. The van der Waals surface area contributed by atoms with Crippen LogP contribution in [0.1, 0.15) is 75.6 Å². The summed E-state index contributed by atoms with van der Waals surface area (Å²) in [5.41, 5.74) is 2.44. The number of benzene rings is 2. The van der Waals surface area contributed by atoms with Crippen molar-refractivity contribution in [1.29, 1.82) is 0 Å². The van der Waals surface area contributed by atoms with Crippen LogP contribution in [0, 0.1) is 0 Å². The maximum Gasteiger partial charge on any atom is 0.295 e. The monoisotopic (exact) mass is 435 g/mol. The lowest BCUT2D eigenvalue weighted by Crippen LogP contribution is -2.30. The standard InChI is InChI=1S/C27H33NO4/c1-5-7-11-16-28-24(19-12-9-8-10-13-19)23(26(30)27(28)31)25(29)20-14-15-22(32-6-2)21(17-20)18(3)4/h8-10,12-15,17-18,24,29H,5-7,11,16H2,1-4H3/b25-23-. The summed E-state index contributed by atoms with van der Waals surface area (Å²) in [4.78, 5) is 27.7. The van der Waals surface area contributed by atoms with Gasteiger partial charge in [-0.1, -0.05) is 63.9 Å². The molecule has 1 heterocycles. The predicted octanol–water partition coefficient (Wildman–Crippen LogP) is 5.82. The van der Waals surface area contributed by atoms with Gasteiger partial charge in [-0.05, 0) is 48.6 Å². The molecule has 1 aliphatic heterocycles. The van der Waals surface area contributed by atoms with Gasteiger partial charge >= 0.3 is 0 Å². The third-order valence-corrected chi connectivity index (χ3v) is 5.86. The van der Waals surface area contributed by atoms with Crippen LogP contribution in [0.4, 0.5) is 0 Å². The van der Waals surface area contributed by atoms with E-state index < -0.39 is 17.7 Å². The molecule has 2 aromatic rings. The lowest BCUT2D eigenvalue weighted by Gasteiger charge is -2.25. The molecule has 5 nitrogen and oxygen atoms in total. The molecule has 32 heavy (non-hydrogen) atoms. The van der Waals surface area contributed by atoms with Crippen molar-refractivity contribution < 1.29 is 19.4 Å². The summed E-state index contributed by atoms with van der Waals surface area (Å²) in [5, 5.41) is 11.3. The van der Waals surface area contributed by atoms with Gasteiger partial charge in [-0.25, -0.2) is 0 Å². The fourth-order valence-corrected chi connectivity index (χ4v) is 4.21. The number of amides is 1. The average molecular weight is 436 g/mol. The van der Waals surface area contributed by atoms with Crippen molar-refractivity contribution in [2.24, 2.45) is 0 Å². The summed E-state index contributed by atoms with van der Waals surface area (Å²) in [6.07, 6.45) is 2.80. The largest absolute Gasteiger partial charge is 0.507 e. The highest BCUT2D eigenvalue weighted by molar-refractivity contribution is 6.46. The lowest BCUT2D eigenvalue weighted by molar-refractivity contribution is -0.139. The molecular weight excluding hydrogens is 402 g/mol. The Morgan fingerprint density at radius 3 is 2.41 bits per heavy atom. The maximum atomic E-state index is 13.1. The minimum atomic E-state index is -0.632. The first-order valence-corrected chi connectivity index (χ1v) is 11.5. The van der Waals surface area contributed by atoms with Crippen molar-refractivity contribution in [1.82, 2.24) is 4.90 Å². The Labute approximate surface area is 190 Å². The van der Waals surface area contributed by atoms with Crippen molar-refractivity contribution >= 4 is 17.4 Å². The normalized spacial score (nSPS) is 17.9. The Bertz CT molecular complexity index is 994. The molecule has 1 aliphatic rings. The van der Waals surface area contributed by atoms with Gasteiger partial charge in [-0.2, -0.15) is 0 Å². The molecule has 0 bridgehead atoms. The summed E-state index contributed by atoms with van der Waals surface area (Å²) < 4.78 is 5.73. The molecule has 1 saturated heterocycles. The first-order valence-electron chi connectivity index (χ1n) is 11.5. The minimum Gasteiger partial charge on any atom is -0.507 e. The molecule has 170 valence electrons. The molecule has 3 rings (SSSR count). The van der Waals surface area contributed by atoms with E-state index in [0.717, 1.165) is 36.1 Å². The fraction of sp³-hybridized carbons (Fsp3) is 0.407. The van der Waals surface area contributed by atoms with Crippen LogP contribution in [0.25, 0.3) is 5.76 Å². The number of ketones is 1. The number of unbranched alkanes of at least 4 members (excludes halogenated alkanes) is 2. The number of rotatable bonds is 9. The Balaban J connectivity index is 2.12. The van der Waals surface area contributed by atoms with E-state index >= 15 is 0 Å². The van der Waals surface area contributed by atoms with Crippen LogP contribution >= 0.6 is 0 Å². The molecule has 1 atom stereocenters. The number of carbonyl (C=O) groups is 2. The zero-order chi connectivity index (χ0) is 23.3. The molecule has 0 aromatic heterocycles. The molecule has 0 aliphatic carbocycles. The van der Waals surface area contributed by atoms with Crippen molar-refractivity contribution in [3.63, 3.8) is 0 Å². The van der Waals surface area contributed by atoms with Gasteiger partial charge in [-0.3, -0.25) is 9.59 Å². The second kappa shape index (κ2) is 10.5. The number of hydrogen-bond acceptors (Lipinski definition) is 4. The van der Waals surface area contributed by atoms with Crippen LogP contribution in [-0.4, -0.2) is 34.8 Å². The van der Waals surface area contributed by atoms with Gasteiger partial charge < -0.3 is 14.7 Å². The number of likely N-dealkylation sites (tertiary alicyclic amines) is 1. The second-order valence-electron chi connectivity index (χ2n) is 8.45. The van der Waals surface area contributed by atoms with Gasteiger partial charge in [0.25, 0.3) is 11.7 Å². The zero-order valence-corrected chi connectivity index (χ0v) is 19.4. The zero-order valence-electron chi connectivity index (χ0n) is 19.4. The van der Waals surface area contributed by atoms with Crippen LogP contribution in [0.5, 0.6) is 5.75 Å². The van der Waals surface area contributed by atoms with Crippen molar-refractivity contribution in [3.05, 3.63) is 70.8 Å². The van der Waals surface area contributed by atoms with Crippen molar-refractivity contribution in [2.45, 2.75) is 58.9 Å². The van der Waals surface area contributed by atoms with E-state index in [1.807, 2.05) is 49.4 Å². The molecular formula is C27H33NO4. The number of carbonyl (C=O) groups excluding carboxylic acids is 2. The second-order valence-corrected chi connectivity index (χ2v) is 8.45. The van der Waals surface area contributed by atoms with Gasteiger partial charge in [0, 0.05) is 12.1 Å². The summed E-state index contributed by atoms with van der Waals surface area (Å²) in [7, 11) is 0. The minimum absolute atomic E-state index is 0.139. The summed E-state index contributed by atoms with van der Waals surface area (Å²) >= 11 is 0. The van der Waals surface area contributed by atoms with E-state index in [-0.39, 0.29) is 17.3 Å². The molecule has 5 heteroatoms. The quantitative estimate of drug-likeness (QED) is 0.233. The van der Waals surface area contributed by atoms with Gasteiger partial charge in [0.05, 0.1) is 18.2 Å². The predicted molar refractivity (Wildman–Crippen MR) is 127 cm³/mol. The van der Waals surface area contributed by atoms with E-state index in [2.05, 4.69) is 20.8 Å². The topological polar surface area (TPSA) is 66.8 Å². The SMILES string of the molecule is CCCCCN1C(=O)C(=O)/C(=C(\O)c2ccc(OCC)c(C(C)C)c2)C1c1ccccc1. The van der Waals surface area contributed by atoms with Crippen LogP contribution in [0.2, 0.25) is 0 Å². The van der Waals surface area contributed by atoms with E-state index in [1.165, 1.54) is 0 Å². The molecule has 1 amide bonds. The Morgan fingerprint density at radius 2 is 1.78 bits per heavy atom. The van der Waals surface area contributed by atoms with E-state index in [9.17, 15) is 14.7 Å². The Morgan fingerprint density at radius 1 is 1.06 bits per heavy atom. The summed E-state index contributed by atoms with van der Waals surface area (Å²) in [6.45, 7) is 9.16. The first-order chi connectivity index (χ1) is 15.4. The van der Waals surface area contributed by atoms with Gasteiger partial charge in [0.2, 0.25) is 0 Å². The molecule has 0 spiro atoms.